The van der Waals surface area contributed by atoms with Gasteiger partial charge >= 0.3 is 0 Å². The van der Waals surface area contributed by atoms with E-state index in [4.69, 9.17) is 0 Å². The molecule has 3 nitrogen and oxygen atoms in total. The summed E-state index contributed by atoms with van der Waals surface area (Å²) in [6, 6.07) is 3.69. The van der Waals surface area contributed by atoms with E-state index in [1.807, 2.05) is 12.1 Å². The highest BCUT2D eigenvalue weighted by molar-refractivity contribution is 9.10. The average molecular weight is 297 g/mol. The maximum atomic E-state index is 12.2. The number of hydrogen-bond donors (Lipinski definition) is 1. The molecule has 1 aliphatic rings. The van der Waals surface area contributed by atoms with Gasteiger partial charge < -0.3 is 5.32 Å². The van der Waals surface area contributed by atoms with Crippen LogP contribution < -0.4 is 5.32 Å². The zero-order valence-electron chi connectivity index (χ0n) is 10.0. The lowest BCUT2D eigenvalue weighted by molar-refractivity contribution is -0.126. The number of carbonyl (C=O) groups excluding carboxylic acids is 1. The largest absolute Gasteiger partial charge is 0.324 e. The van der Waals surface area contributed by atoms with Crippen LogP contribution in [0.15, 0.2) is 22.9 Å². The minimum absolute atomic E-state index is 0.126. The van der Waals surface area contributed by atoms with Gasteiger partial charge in [-0.2, -0.15) is 0 Å². The Hall–Kier alpha value is -0.900. The predicted molar refractivity (Wildman–Crippen MR) is 71.8 cm³/mol. The summed E-state index contributed by atoms with van der Waals surface area (Å²) in [5.41, 5.74) is 0.565. The highest BCUT2D eigenvalue weighted by Crippen LogP contribution is 2.36. The van der Waals surface area contributed by atoms with E-state index in [1.165, 1.54) is 6.42 Å². The SMILES string of the molecule is CC1(C(=O)Nc2ccc(Br)nc2)CCCCC1. The van der Waals surface area contributed by atoms with Crippen molar-refractivity contribution in [3.8, 4) is 0 Å². The van der Waals surface area contributed by atoms with Crippen LogP contribution in [0.2, 0.25) is 0 Å². The lowest BCUT2D eigenvalue weighted by Crippen LogP contribution is -2.35. The third-order valence-corrected chi connectivity index (χ3v) is 3.96. The Morgan fingerprint density at radius 1 is 1.35 bits per heavy atom. The summed E-state index contributed by atoms with van der Waals surface area (Å²) < 4.78 is 0.777. The first-order valence-electron chi connectivity index (χ1n) is 6.03. The van der Waals surface area contributed by atoms with Gasteiger partial charge in [-0.15, -0.1) is 0 Å². The van der Waals surface area contributed by atoms with Gasteiger partial charge in [0.05, 0.1) is 11.9 Å². The zero-order valence-corrected chi connectivity index (χ0v) is 11.6. The second-order valence-corrected chi connectivity index (χ2v) is 5.76. The summed E-state index contributed by atoms with van der Waals surface area (Å²) in [6.45, 7) is 2.06. The van der Waals surface area contributed by atoms with Gasteiger partial charge in [-0.25, -0.2) is 4.98 Å². The van der Waals surface area contributed by atoms with Crippen LogP contribution in [0.1, 0.15) is 39.0 Å². The van der Waals surface area contributed by atoms with Crippen molar-refractivity contribution >= 4 is 27.5 Å². The minimum atomic E-state index is -0.203. The maximum absolute atomic E-state index is 12.2. The molecule has 0 saturated heterocycles. The van der Waals surface area contributed by atoms with E-state index < -0.39 is 0 Å². The van der Waals surface area contributed by atoms with E-state index in [9.17, 15) is 4.79 Å². The normalized spacial score (nSPS) is 18.7. The monoisotopic (exact) mass is 296 g/mol. The van der Waals surface area contributed by atoms with Crippen molar-refractivity contribution in [3.05, 3.63) is 22.9 Å². The highest BCUT2D eigenvalue weighted by atomic mass is 79.9. The fourth-order valence-corrected chi connectivity index (χ4v) is 2.53. The fourth-order valence-electron chi connectivity index (χ4n) is 2.29. The third-order valence-electron chi connectivity index (χ3n) is 3.49. The van der Waals surface area contributed by atoms with Gasteiger partial charge in [0.25, 0.3) is 0 Å². The summed E-state index contributed by atoms with van der Waals surface area (Å²) in [7, 11) is 0. The Balaban J connectivity index is 2.03. The van der Waals surface area contributed by atoms with Gasteiger partial charge in [-0.05, 0) is 40.9 Å². The topological polar surface area (TPSA) is 42.0 Å². The van der Waals surface area contributed by atoms with E-state index in [-0.39, 0.29) is 11.3 Å². The Kier molecular flexibility index (Phi) is 3.82. The molecular weight excluding hydrogens is 280 g/mol. The third kappa shape index (κ3) is 3.06. The molecule has 1 fully saturated rings. The molecule has 92 valence electrons. The number of nitrogens with zero attached hydrogens (tertiary/aromatic N) is 1. The molecule has 1 heterocycles. The lowest BCUT2D eigenvalue weighted by atomic mass is 9.75. The molecule has 0 aromatic carbocycles. The molecule has 1 aliphatic carbocycles. The number of amides is 1. The van der Waals surface area contributed by atoms with Crippen LogP contribution in [0.4, 0.5) is 5.69 Å². The van der Waals surface area contributed by atoms with Crippen LogP contribution in [0, 0.1) is 5.41 Å². The van der Waals surface area contributed by atoms with E-state index in [0.29, 0.717) is 0 Å². The molecule has 2 rings (SSSR count). The Morgan fingerprint density at radius 3 is 2.65 bits per heavy atom. The molecule has 0 atom stereocenters. The molecule has 0 bridgehead atoms. The van der Waals surface area contributed by atoms with E-state index >= 15 is 0 Å². The summed E-state index contributed by atoms with van der Waals surface area (Å²) in [4.78, 5) is 16.3. The number of nitrogens with one attached hydrogen (secondary N) is 1. The van der Waals surface area contributed by atoms with Crippen LogP contribution in [0.3, 0.4) is 0 Å². The number of rotatable bonds is 2. The molecule has 1 saturated carbocycles. The smallest absolute Gasteiger partial charge is 0.230 e. The van der Waals surface area contributed by atoms with Crippen molar-refractivity contribution in [3.63, 3.8) is 0 Å². The number of anilines is 1. The van der Waals surface area contributed by atoms with Gasteiger partial charge in [0.1, 0.15) is 4.60 Å². The predicted octanol–water partition coefficient (Wildman–Crippen LogP) is 3.75. The van der Waals surface area contributed by atoms with Crippen LogP contribution >= 0.6 is 15.9 Å². The van der Waals surface area contributed by atoms with E-state index in [2.05, 4.69) is 33.2 Å². The van der Waals surface area contributed by atoms with Gasteiger partial charge in [0.2, 0.25) is 5.91 Å². The molecule has 1 aromatic rings. The van der Waals surface area contributed by atoms with E-state index in [0.717, 1.165) is 36.0 Å². The average Bonchev–Trinajstić information content (AvgIpc) is 2.33. The van der Waals surface area contributed by atoms with E-state index in [1.54, 1.807) is 6.20 Å². The van der Waals surface area contributed by atoms with Crippen LogP contribution in [-0.2, 0) is 4.79 Å². The van der Waals surface area contributed by atoms with Crippen LogP contribution in [-0.4, -0.2) is 10.9 Å². The first-order chi connectivity index (χ1) is 8.10. The molecule has 1 N–H and O–H groups in total. The first kappa shape index (κ1) is 12.6. The standard InChI is InChI=1S/C13H17BrN2O/c1-13(7-3-2-4-8-13)12(17)16-10-5-6-11(14)15-9-10/h5-6,9H,2-4,7-8H2,1H3,(H,16,17). The number of carbonyl (C=O) groups is 1. The Labute approximate surface area is 110 Å². The van der Waals surface area contributed by atoms with Gasteiger partial charge in [-0.1, -0.05) is 26.2 Å². The molecular formula is C13H17BrN2O. The van der Waals surface area contributed by atoms with Crippen LogP contribution in [0.25, 0.3) is 0 Å². The molecule has 0 unspecified atom stereocenters. The van der Waals surface area contributed by atoms with Gasteiger partial charge in [-0.3, -0.25) is 4.79 Å². The molecule has 0 radical (unpaired) electrons. The summed E-state index contributed by atoms with van der Waals surface area (Å²) in [5.74, 6) is 0.126. The molecule has 1 aromatic heterocycles. The fraction of sp³-hybridized carbons (Fsp3) is 0.538. The number of halogens is 1. The van der Waals surface area contributed by atoms with Crippen LogP contribution in [0.5, 0.6) is 0 Å². The summed E-state index contributed by atoms with van der Waals surface area (Å²) >= 11 is 3.28. The quantitative estimate of drug-likeness (QED) is 0.845. The summed E-state index contributed by atoms with van der Waals surface area (Å²) in [6.07, 6.45) is 7.22. The van der Waals surface area contributed by atoms with Gasteiger partial charge in [0, 0.05) is 5.41 Å². The summed E-state index contributed by atoms with van der Waals surface area (Å²) in [5, 5.41) is 2.96. The van der Waals surface area contributed by atoms with Crippen molar-refractivity contribution in [2.75, 3.05) is 5.32 Å². The first-order valence-corrected chi connectivity index (χ1v) is 6.82. The lowest BCUT2D eigenvalue weighted by Gasteiger charge is -2.31. The molecule has 1 amide bonds. The minimum Gasteiger partial charge on any atom is -0.324 e. The van der Waals surface area contributed by atoms with Crippen molar-refractivity contribution in [2.45, 2.75) is 39.0 Å². The second-order valence-electron chi connectivity index (χ2n) is 4.95. The molecule has 17 heavy (non-hydrogen) atoms. The Bertz CT molecular complexity index is 396. The second kappa shape index (κ2) is 5.17. The van der Waals surface area contributed by atoms with Crippen molar-refractivity contribution in [1.29, 1.82) is 0 Å². The molecule has 0 aliphatic heterocycles. The Morgan fingerprint density at radius 2 is 2.06 bits per heavy atom. The number of aromatic nitrogens is 1. The van der Waals surface area contributed by atoms with Crippen molar-refractivity contribution in [2.24, 2.45) is 5.41 Å². The molecule has 0 spiro atoms. The van der Waals surface area contributed by atoms with Crippen molar-refractivity contribution < 1.29 is 4.79 Å². The van der Waals surface area contributed by atoms with Crippen molar-refractivity contribution in [1.82, 2.24) is 4.98 Å². The maximum Gasteiger partial charge on any atom is 0.230 e. The number of hydrogen-bond acceptors (Lipinski definition) is 2. The number of pyridine rings is 1. The highest BCUT2D eigenvalue weighted by Gasteiger charge is 2.34. The van der Waals surface area contributed by atoms with Gasteiger partial charge in [0.15, 0.2) is 0 Å². The zero-order chi connectivity index (χ0) is 12.3. The molecule has 4 heteroatoms.